The van der Waals surface area contributed by atoms with Crippen molar-refractivity contribution in [2.75, 3.05) is 37.8 Å². The van der Waals surface area contributed by atoms with Gasteiger partial charge in [-0.25, -0.2) is 9.78 Å². The summed E-state index contributed by atoms with van der Waals surface area (Å²) in [5.41, 5.74) is 3.81. The second-order valence-corrected chi connectivity index (χ2v) is 10.8. The van der Waals surface area contributed by atoms with Gasteiger partial charge in [-0.3, -0.25) is 0 Å². The van der Waals surface area contributed by atoms with Gasteiger partial charge in [-0.2, -0.15) is 9.50 Å². The van der Waals surface area contributed by atoms with Gasteiger partial charge in [0.25, 0.3) is 5.65 Å². The Labute approximate surface area is 203 Å². The number of pyridine rings is 1. The second-order valence-electron chi connectivity index (χ2n) is 8.93. The summed E-state index contributed by atoms with van der Waals surface area (Å²) in [6.45, 7) is 9.89. The monoisotopic (exact) mass is 501 g/mol. The number of thiophene rings is 1. The predicted octanol–water partition coefficient (Wildman–Crippen LogP) is 3.24. The van der Waals surface area contributed by atoms with Crippen molar-refractivity contribution in [1.82, 2.24) is 20.2 Å². The maximum absolute atomic E-state index is 12.0. The molecule has 0 unspecified atom stereocenters. The van der Waals surface area contributed by atoms with Crippen molar-refractivity contribution >= 4 is 60.3 Å². The zero-order chi connectivity index (χ0) is 23.4. The van der Waals surface area contributed by atoms with E-state index in [-0.39, 0.29) is 5.60 Å². The van der Waals surface area contributed by atoms with Crippen molar-refractivity contribution in [3.05, 3.63) is 17.5 Å². The number of hydrogen-bond donors (Lipinski definition) is 1. The maximum Gasteiger partial charge on any atom is 0.377 e. The van der Waals surface area contributed by atoms with Gasteiger partial charge >= 0.3 is 10.5 Å². The third-order valence-electron chi connectivity index (χ3n) is 6.19. The molecule has 1 N–H and O–H groups in total. The molecule has 10 nitrogen and oxygen atoms in total. The molecule has 4 aromatic heterocycles. The number of carbonyl (C=O) groups excluding carboxylic acids is 1. The number of aromatic nitrogens is 5. The van der Waals surface area contributed by atoms with Crippen LogP contribution in [-0.2, 0) is 27.2 Å². The Balaban J connectivity index is 1.56. The number of rotatable bonds is 3. The van der Waals surface area contributed by atoms with E-state index in [0.29, 0.717) is 31.6 Å². The first kappa shape index (κ1) is 22.0. The van der Waals surface area contributed by atoms with Gasteiger partial charge < -0.3 is 19.1 Å². The first-order chi connectivity index (χ1) is 16.4. The molecule has 2 aliphatic rings. The molecule has 6 heterocycles. The largest absolute Gasteiger partial charge is 0.457 e. The fraction of sp³-hybridized carbons (Fsp3) is 0.500. The fourth-order valence-corrected chi connectivity index (χ4v) is 6.40. The minimum absolute atomic E-state index is 0.270. The molecule has 0 bridgehead atoms. The summed E-state index contributed by atoms with van der Waals surface area (Å²) < 4.78 is 19.6. The highest BCUT2D eigenvalue weighted by Gasteiger charge is 2.34. The summed E-state index contributed by atoms with van der Waals surface area (Å²) >= 11 is 2.53. The molecule has 0 spiro atoms. The Morgan fingerprint density at radius 1 is 1.35 bits per heavy atom. The summed E-state index contributed by atoms with van der Waals surface area (Å²) in [4.78, 5) is 25.2. The summed E-state index contributed by atoms with van der Waals surface area (Å²) in [5.74, 6) is 0.986. The van der Waals surface area contributed by atoms with E-state index in [1.54, 1.807) is 29.0 Å². The summed E-state index contributed by atoms with van der Waals surface area (Å²) in [6.07, 6.45) is 2.49. The molecule has 0 atom stereocenters. The number of H-pyrrole nitrogens is 1. The Hall–Kier alpha value is -2.54. The number of carbonyl (C=O) groups is 1. The highest BCUT2D eigenvalue weighted by Crippen LogP contribution is 2.43. The van der Waals surface area contributed by atoms with Crippen molar-refractivity contribution in [3.63, 3.8) is 0 Å². The van der Waals surface area contributed by atoms with E-state index in [1.807, 2.05) is 0 Å². The highest BCUT2D eigenvalue weighted by molar-refractivity contribution is 8.13. The molecular weight excluding hydrogens is 476 g/mol. The lowest BCUT2D eigenvalue weighted by Crippen LogP contribution is -2.39. The molecule has 6 rings (SSSR count). The lowest BCUT2D eigenvalue weighted by atomic mass is 9.90. The molecule has 2 aliphatic heterocycles. The smallest absolute Gasteiger partial charge is 0.377 e. The third-order valence-corrected chi connectivity index (χ3v) is 8.02. The van der Waals surface area contributed by atoms with Crippen LogP contribution in [0.3, 0.4) is 0 Å². The van der Waals surface area contributed by atoms with Crippen LogP contribution in [0, 0.1) is 0 Å². The van der Waals surface area contributed by atoms with Crippen LogP contribution in [0.1, 0.15) is 31.9 Å². The van der Waals surface area contributed by atoms with E-state index in [4.69, 9.17) is 24.2 Å². The lowest BCUT2D eigenvalue weighted by Gasteiger charge is -2.36. The minimum Gasteiger partial charge on any atom is -0.457 e. The number of anilines is 1. The second kappa shape index (κ2) is 8.29. The van der Waals surface area contributed by atoms with E-state index in [2.05, 4.69) is 28.9 Å². The molecular formula is C22H25N6O4S2+. The number of aromatic amines is 1. The van der Waals surface area contributed by atoms with Gasteiger partial charge in [0.1, 0.15) is 15.3 Å². The first-order valence-corrected chi connectivity index (χ1v) is 12.9. The van der Waals surface area contributed by atoms with Crippen LogP contribution in [0.25, 0.3) is 26.1 Å². The molecule has 0 saturated carbocycles. The van der Waals surface area contributed by atoms with Crippen LogP contribution < -0.4 is 9.30 Å². The average molecular weight is 502 g/mol. The van der Waals surface area contributed by atoms with Crippen molar-refractivity contribution < 1.29 is 23.4 Å². The van der Waals surface area contributed by atoms with Gasteiger partial charge in [0.15, 0.2) is 5.52 Å². The van der Waals surface area contributed by atoms with Crippen LogP contribution in [0.2, 0.25) is 0 Å². The van der Waals surface area contributed by atoms with Gasteiger partial charge in [-0.05, 0) is 26.3 Å². The Bertz CT molecular complexity index is 1430. The SMILES string of the molecule is CCOC(=O)Sc1n[nH]c2c3sc4nc(N5CCOCC5)c5c(c4c3nc[n+]12)CC(C)(C)OC5. The summed E-state index contributed by atoms with van der Waals surface area (Å²) in [6, 6.07) is 0. The average Bonchev–Trinajstić information content (AvgIpc) is 3.40. The number of hydrogen-bond acceptors (Lipinski definition) is 10. The van der Waals surface area contributed by atoms with Crippen LogP contribution in [-0.4, -0.2) is 64.0 Å². The molecule has 12 heteroatoms. The van der Waals surface area contributed by atoms with Gasteiger partial charge in [-0.15, -0.1) is 16.3 Å². The Morgan fingerprint density at radius 3 is 2.97 bits per heavy atom. The van der Waals surface area contributed by atoms with Crippen LogP contribution in [0.5, 0.6) is 0 Å². The topological polar surface area (TPSA) is 107 Å². The van der Waals surface area contributed by atoms with Gasteiger partial charge in [-0.1, -0.05) is 0 Å². The highest BCUT2D eigenvalue weighted by atomic mass is 32.2. The number of nitrogens with zero attached hydrogens (tertiary/aromatic N) is 5. The van der Waals surface area contributed by atoms with Gasteiger partial charge in [0.2, 0.25) is 6.33 Å². The number of morpholine rings is 1. The van der Waals surface area contributed by atoms with E-state index in [9.17, 15) is 4.79 Å². The molecule has 34 heavy (non-hydrogen) atoms. The molecule has 0 aliphatic carbocycles. The molecule has 0 aromatic carbocycles. The molecule has 0 radical (unpaired) electrons. The van der Waals surface area contributed by atoms with Gasteiger partial charge in [0, 0.05) is 30.2 Å². The van der Waals surface area contributed by atoms with Crippen molar-refractivity contribution in [2.24, 2.45) is 0 Å². The van der Waals surface area contributed by atoms with Gasteiger partial charge in [0.05, 0.1) is 49.2 Å². The van der Waals surface area contributed by atoms with Crippen LogP contribution in [0.15, 0.2) is 11.5 Å². The zero-order valence-electron chi connectivity index (χ0n) is 19.2. The molecule has 0 amide bonds. The van der Waals surface area contributed by atoms with E-state index in [1.165, 1.54) is 5.56 Å². The summed E-state index contributed by atoms with van der Waals surface area (Å²) in [5, 5.41) is 8.61. The normalized spacial score (nSPS) is 18.0. The molecule has 178 valence electrons. The minimum atomic E-state index is -0.395. The first-order valence-electron chi connectivity index (χ1n) is 11.3. The number of ether oxygens (including phenoxy) is 3. The van der Waals surface area contributed by atoms with E-state index < -0.39 is 5.30 Å². The van der Waals surface area contributed by atoms with E-state index in [0.717, 1.165) is 68.7 Å². The van der Waals surface area contributed by atoms with Crippen LogP contribution in [0.4, 0.5) is 10.6 Å². The maximum atomic E-state index is 12.0. The Morgan fingerprint density at radius 2 is 2.18 bits per heavy atom. The summed E-state index contributed by atoms with van der Waals surface area (Å²) in [7, 11) is 0. The van der Waals surface area contributed by atoms with Crippen molar-refractivity contribution in [1.29, 1.82) is 0 Å². The van der Waals surface area contributed by atoms with E-state index >= 15 is 0 Å². The predicted molar refractivity (Wildman–Crippen MR) is 129 cm³/mol. The Kier molecular flexibility index (Phi) is 5.36. The molecule has 1 fully saturated rings. The lowest BCUT2D eigenvalue weighted by molar-refractivity contribution is -0.558. The third kappa shape index (κ3) is 3.60. The fourth-order valence-electron chi connectivity index (χ4n) is 4.60. The van der Waals surface area contributed by atoms with Crippen molar-refractivity contribution in [2.45, 2.75) is 44.6 Å². The quantitative estimate of drug-likeness (QED) is 0.257. The zero-order valence-corrected chi connectivity index (χ0v) is 20.8. The van der Waals surface area contributed by atoms with Crippen molar-refractivity contribution in [3.8, 4) is 0 Å². The number of fused-ring (bicyclic) bond motifs is 7. The standard InChI is InChI=1S/C22H24N6O4S2/c1-4-31-21(29)34-20-26-25-18-16-15(23-11-28(18)20)14-12-9-22(2,3)32-10-13(12)17(24-19(14)33-16)27-5-7-30-8-6-27/h11H,4-10H2,1-3H3/p+1. The molecule has 4 aromatic rings. The number of thioether (sulfide) groups is 1. The van der Waals surface area contributed by atoms with Crippen LogP contribution >= 0.6 is 23.1 Å². The molecule has 1 saturated heterocycles. The number of nitrogens with one attached hydrogen (secondary N) is 1.